The minimum Gasteiger partial charge on any atom is -0.373 e. The number of rotatable bonds is 6. The lowest BCUT2D eigenvalue weighted by Gasteiger charge is -2.34. The Bertz CT molecular complexity index is 649. The van der Waals surface area contributed by atoms with Gasteiger partial charge in [-0.1, -0.05) is 0 Å². The number of ether oxygens (including phenoxy) is 1. The van der Waals surface area contributed by atoms with Crippen LogP contribution in [0.2, 0.25) is 0 Å². The molecule has 3 heterocycles. The van der Waals surface area contributed by atoms with Crippen LogP contribution in [-0.4, -0.2) is 46.1 Å². The van der Waals surface area contributed by atoms with Gasteiger partial charge in [0.15, 0.2) is 5.13 Å². The molecule has 0 spiro atoms. The summed E-state index contributed by atoms with van der Waals surface area (Å²) in [7, 11) is 0. The molecule has 0 aromatic carbocycles. The average molecular weight is 367 g/mol. The van der Waals surface area contributed by atoms with Crippen molar-refractivity contribution >= 4 is 33.7 Å². The molecule has 1 N–H and O–H groups in total. The fourth-order valence-corrected chi connectivity index (χ4v) is 4.17. The largest absolute Gasteiger partial charge is 0.373 e. The van der Waals surface area contributed by atoms with Gasteiger partial charge >= 0.3 is 0 Å². The van der Waals surface area contributed by atoms with E-state index >= 15 is 0 Å². The lowest BCUT2D eigenvalue weighted by atomic mass is 10.2. The van der Waals surface area contributed by atoms with Crippen LogP contribution in [0.5, 0.6) is 0 Å². The summed E-state index contributed by atoms with van der Waals surface area (Å²) in [4.78, 5) is 23.1. The number of nitrogens with zero attached hydrogens (tertiary/aromatic N) is 3. The van der Waals surface area contributed by atoms with E-state index in [1.165, 1.54) is 11.3 Å². The zero-order valence-electron chi connectivity index (χ0n) is 13.9. The number of carbonyl (C=O) groups excluding carboxylic acids is 1. The van der Waals surface area contributed by atoms with E-state index in [0.717, 1.165) is 31.0 Å². The number of amides is 1. The van der Waals surface area contributed by atoms with Gasteiger partial charge in [0.1, 0.15) is 0 Å². The van der Waals surface area contributed by atoms with E-state index < -0.39 is 0 Å². The van der Waals surface area contributed by atoms with Crippen molar-refractivity contribution in [2.24, 2.45) is 0 Å². The molecule has 0 radical (unpaired) electrons. The van der Waals surface area contributed by atoms with E-state index in [4.69, 9.17) is 4.74 Å². The minimum atomic E-state index is -0.0162. The summed E-state index contributed by atoms with van der Waals surface area (Å²) in [6.45, 7) is 6.81. The maximum absolute atomic E-state index is 12.0. The fraction of sp³-hybridized carbons (Fsp3) is 0.562. The van der Waals surface area contributed by atoms with Gasteiger partial charge < -0.3 is 10.1 Å². The SMILES string of the molecule is CC1CN(Cc2csc(NC(=O)CCc3cscn3)n2)CC(C)O1. The summed E-state index contributed by atoms with van der Waals surface area (Å²) >= 11 is 3.03. The monoisotopic (exact) mass is 366 g/mol. The van der Waals surface area contributed by atoms with E-state index in [-0.39, 0.29) is 18.1 Å². The molecule has 1 saturated heterocycles. The number of thiazole rings is 2. The van der Waals surface area contributed by atoms with Gasteiger partial charge in [0.2, 0.25) is 5.91 Å². The Morgan fingerprint density at radius 2 is 2.12 bits per heavy atom. The highest BCUT2D eigenvalue weighted by molar-refractivity contribution is 7.13. The molecule has 8 heteroatoms. The number of hydrogen-bond acceptors (Lipinski definition) is 7. The van der Waals surface area contributed by atoms with E-state index in [1.807, 2.05) is 10.8 Å². The number of hydrogen-bond donors (Lipinski definition) is 1. The van der Waals surface area contributed by atoms with E-state index in [1.54, 1.807) is 16.8 Å². The van der Waals surface area contributed by atoms with Gasteiger partial charge in [-0.3, -0.25) is 9.69 Å². The summed E-state index contributed by atoms with van der Waals surface area (Å²) in [5.74, 6) is -0.0162. The highest BCUT2D eigenvalue weighted by Gasteiger charge is 2.22. The Balaban J connectivity index is 1.47. The molecule has 2 atom stereocenters. The Kier molecular flexibility index (Phi) is 5.94. The van der Waals surface area contributed by atoms with Gasteiger partial charge in [-0.15, -0.1) is 22.7 Å². The van der Waals surface area contributed by atoms with Crippen molar-refractivity contribution in [3.05, 3.63) is 27.7 Å². The molecule has 0 saturated carbocycles. The zero-order chi connectivity index (χ0) is 16.9. The normalized spacial score (nSPS) is 21.8. The van der Waals surface area contributed by atoms with Gasteiger partial charge in [0.25, 0.3) is 0 Å². The van der Waals surface area contributed by atoms with Crippen LogP contribution >= 0.6 is 22.7 Å². The number of morpholine rings is 1. The number of anilines is 1. The van der Waals surface area contributed by atoms with Crippen molar-refractivity contribution in [3.8, 4) is 0 Å². The Morgan fingerprint density at radius 3 is 2.83 bits per heavy atom. The van der Waals surface area contributed by atoms with Crippen molar-refractivity contribution < 1.29 is 9.53 Å². The molecular weight excluding hydrogens is 344 g/mol. The second kappa shape index (κ2) is 8.15. The van der Waals surface area contributed by atoms with E-state index in [9.17, 15) is 4.79 Å². The molecule has 130 valence electrons. The van der Waals surface area contributed by atoms with Crippen LogP contribution in [0.3, 0.4) is 0 Å². The first kappa shape index (κ1) is 17.5. The van der Waals surface area contributed by atoms with Gasteiger partial charge in [-0.2, -0.15) is 0 Å². The minimum absolute atomic E-state index is 0.0162. The summed E-state index contributed by atoms with van der Waals surface area (Å²) in [6, 6.07) is 0. The van der Waals surface area contributed by atoms with Crippen molar-refractivity contribution in [1.29, 1.82) is 0 Å². The van der Waals surface area contributed by atoms with Gasteiger partial charge in [0.05, 0.1) is 29.1 Å². The first-order chi connectivity index (χ1) is 11.6. The maximum atomic E-state index is 12.0. The number of aryl methyl sites for hydroxylation is 1. The molecule has 2 aromatic heterocycles. The second-order valence-corrected chi connectivity index (χ2v) is 7.70. The third-order valence-corrected chi connectivity index (χ3v) is 5.21. The molecule has 2 aromatic rings. The summed E-state index contributed by atoms with van der Waals surface area (Å²) in [5.41, 5.74) is 3.75. The van der Waals surface area contributed by atoms with Crippen molar-refractivity contribution in [2.45, 2.75) is 45.4 Å². The third kappa shape index (κ3) is 5.07. The van der Waals surface area contributed by atoms with Crippen LogP contribution in [0.25, 0.3) is 0 Å². The topological polar surface area (TPSA) is 67.4 Å². The summed E-state index contributed by atoms with van der Waals surface area (Å²) < 4.78 is 5.75. The Hall–Kier alpha value is -1.35. The van der Waals surface area contributed by atoms with Crippen LogP contribution in [0.1, 0.15) is 31.7 Å². The first-order valence-corrected chi connectivity index (χ1v) is 9.90. The second-order valence-electron chi connectivity index (χ2n) is 6.12. The molecule has 2 unspecified atom stereocenters. The lowest BCUT2D eigenvalue weighted by molar-refractivity contribution is -0.116. The number of aromatic nitrogens is 2. The van der Waals surface area contributed by atoms with Crippen LogP contribution in [0.15, 0.2) is 16.3 Å². The van der Waals surface area contributed by atoms with Crippen molar-refractivity contribution in [3.63, 3.8) is 0 Å². The predicted octanol–water partition coefficient (Wildman–Crippen LogP) is 2.78. The molecule has 1 aliphatic heterocycles. The third-order valence-electron chi connectivity index (χ3n) is 3.77. The van der Waals surface area contributed by atoms with Crippen LogP contribution in [0.4, 0.5) is 5.13 Å². The Morgan fingerprint density at radius 1 is 1.33 bits per heavy atom. The number of carbonyl (C=O) groups is 1. The van der Waals surface area contributed by atoms with Crippen molar-refractivity contribution in [1.82, 2.24) is 14.9 Å². The quantitative estimate of drug-likeness (QED) is 0.851. The maximum Gasteiger partial charge on any atom is 0.226 e. The average Bonchev–Trinajstić information content (AvgIpc) is 3.16. The van der Waals surface area contributed by atoms with Crippen LogP contribution in [0, 0.1) is 0 Å². The van der Waals surface area contributed by atoms with Crippen molar-refractivity contribution in [2.75, 3.05) is 18.4 Å². The summed E-state index contributed by atoms with van der Waals surface area (Å²) in [5, 5.41) is 7.54. The van der Waals surface area contributed by atoms with Gasteiger partial charge in [-0.05, 0) is 20.3 Å². The van der Waals surface area contributed by atoms with Crippen LogP contribution < -0.4 is 5.32 Å². The molecular formula is C16H22N4O2S2. The highest BCUT2D eigenvalue weighted by Crippen LogP contribution is 2.19. The zero-order valence-corrected chi connectivity index (χ0v) is 15.5. The molecule has 1 aliphatic rings. The Labute approximate surface area is 149 Å². The molecule has 1 fully saturated rings. The van der Waals surface area contributed by atoms with Gasteiger partial charge in [0, 0.05) is 36.8 Å². The molecule has 6 nitrogen and oxygen atoms in total. The summed E-state index contributed by atoms with van der Waals surface area (Å²) in [6.07, 6.45) is 1.59. The van der Waals surface area contributed by atoms with Crippen LogP contribution in [-0.2, 0) is 22.5 Å². The predicted molar refractivity (Wildman–Crippen MR) is 96.5 cm³/mol. The number of nitrogens with one attached hydrogen (secondary N) is 1. The molecule has 0 bridgehead atoms. The molecule has 3 rings (SSSR count). The molecule has 0 aliphatic carbocycles. The smallest absolute Gasteiger partial charge is 0.226 e. The standard InChI is InChI=1S/C16H22N4O2S2/c1-11-5-20(6-12(2)22-11)7-14-9-24-16(18-14)19-15(21)4-3-13-8-23-10-17-13/h8-12H,3-7H2,1-2H3,(H,18,19,21). The fourth-order valence-electron chi connectivity index (χ4n) is 2.86. The molecule has 24 heavy (non-hydrogen) atoms. The lowest BCUT2D eigenvalue weighted by Crippen LogP contribution is -2.44. The van der Waals surface area contributed by atoms with E-state index in [0.29, 0.717) is 18.0 Å². The first-order valence-electron chi connectivity index (χ1n) is 8.07. The van der Waals surface area contributed by atoms with Gasteiger partial charge in [-0.25, -0.2) is 9.97 Å². The molecule has 1 amide bonds. The van der Waals surface area contributed by atoms with E-state index in [2.05, 4.69) is 34.0 Å². The highest BCUT2D eigenvalue weighted by atomic mass is 32.1.